The Morgan fingerprint density at radius 1 is 0.608 bits per heavy atom. The second-order valence-electron chi connectivity index (χ2n) is 13.2. The maximum absolute atomic E-state index is 12.2. The van der Waals surface area contributed by atoms with Crippen molar-refractivity contribution in [2.75, 3.05) is 33.9 Å². The standard InChI is InChI=1S/C42H60N2O7/c1-49-38-26-22-35(23-27-38)42(34-18-12-10-13-19-34,36-24-28-39(50-2)29-25-36)51-33-30-37(45)20-14-11-17-31-43-40(46)21-15-8-6-4-3-5-7-9-16-32-44-41(47)48/h10,12-13,18-19,22-29,37,44-45H,3-9,11,14-17,20-21,30-33H2,1-2H3,(H,43,46)(H,47,48). The number of ether oxygens (including phenoxy) is 3. The number of unbranched alkanes of at least 4 members (excludes halogenated alkanes) is 10. The smallest absolute Gasteiger partial charge is 0.404 e. The summed E-state index contributed by atoms with van der Waals surface area (Å²) < 4.78 is 17.7. The first-order chi connectivity index (χ1) is 24.9. The molecule has 3 aromatic carbocycles. The van der Waals surface area contributed by atoms with Crippen molar-refractivity contribution in [2.24, 2.45) is 0 Å². The molecule has 9 heteroatoms. The lowest BCUT2D eigenvalue weighted by molar-refractivity contribution is -0.121. The predicted molar refractivity (Wildman–Crippen MR) is 203 cm³/mol. The molecule has 0 spiro atoms. The molecule has 0 aliphatic rings. The molecule has 0 saturated carbocycles. The van der Waals surface area contributed by atoms with Crippen LogP contribution in [0, 0.1) is 0 Å². The van der Waals surface area contributed by atoms with Gasteiger partial charge in [-0.2, -0.15) is 0 Å². The Balaban J connectivity index is 1.35. The van der Waals surface area contributed by atoms with Gasteiger partial charge in [-0.3, -0.25) is 4.79 Å². The molecule has 0 saturated heterocycles. The first-order valence-corrected chi connectivity index (χ1v) is 18.8. The van der Waals surface area contributed by atoms with E-state index in [1.54, 1.807) is 14.2 Å². The highest BCUT2D eigenvalue weighted by atomic mass is 16.5. The highest BCUT2D eigenvalue weighted by molar-refractivity contribution is 5.75. The van der Waals surface area contributed by atoms with Crippen molar-refractivity contribution in [3.05, 3.63) is 95.6 Å². The zero-order chi connectivity index (χ0) is 36.6. The summed E-state index contributed by atoms with van der Waals surface area (Å²) in [4.78, 5) is 22.7. The Kier molecular flexibility index (Phi) is 19.6. The molecule has 1 unspecified atom stereocenters. The summed E-state index contributed by atoms with van der Waals surface area (Å²) in [6.07, 6.45) is 12.9. The molecule has 0 radical (unpaired) electrons. The first kappa shape index (κ1) is 41.3. The van der Waals surface area contributed by atoms with Gasteiger partial charge in [0.25, 0.3) is 0 Å². The van der Waals surface area contributed by atoms with E-state index in [2.05, 4.69) is 22.8 Å². The van der Waals surface area contributed by atoms with Gasteiger partial charge in [-0.25, -0.2) is 4.79 Å². The number of hydrogen-bond donors (Lipinski definition) is 4. The lowest BCUT2D eigenvalue weighted by Gasteiger charge is -2.36. The van der Waals surface area contributed by atoms with E-state index >= 15 is 0 Å². The van der Waals surface area contributed by atoms with Crippen molar-refractivity contribution in [3.63, 3.8) is 0 Å². The fraction of sp³-hybridized carbons (Fsp3) is 0.524. The number of aliphatic hydroxyl groups excluding tert-OH is 1. The number of amides is 2. The minimum Gasteiger partial charge on any atom is -0.497 e. The van der Waals surface area contributed by atoms with Crippen LogP contribution in [0.2, 0.25) is 0 Å². The number of carboxylic acid groups (broad SMARTS) is 1. The van der Waals surface area contributed by atoms with Crippen LogP contribution in [0.5, 0.6) is 11.5 Å². The van der Waals surface area contributed by atoms with Crippen LogP contribution < -0.4 is 20.1 Å². The van der Waals surface area contributed by atoms with E-state index < -0.39 is 17.8 Å². The summed E-state index contributed by atoms with van der Waals surface area (Å²) in [6, 6.07) is 26.1. The lowest BCUT2D eigenvalue weighted by atomic mass is 9.80. The zero-order valence-corrected chi connectivity index (χ0v) is 30.7. The van der Waals surface area contributed by atoms with Gasteiger partial charge >= 0.3 is 6.09 Å². The molecule has 1 atom stereocenters. The molecule has 0 bridgehead atoms. The quantitative estimate of drug-likeness (QED) is 0.0463. The number of hydrogen-bond acceptors (Lipinski definition) is 6. The molecular formula is C42H60N2O7. The van der Waals surface area contributed by atoms with E-state index in [1.165, 1.54) is 19.3 Å². The normalized spacial score (nSPS) is 11.9. The summed E-state index contributed by atoms with van der Waals surface area (Å²) in [5.41, 5.74) is 2.01. The minimum atomic E-state index is -0.950. The van der Waals surface area contributed by atoms with Crippen molar-refractivity contribution in [1.82, 2.24) is 10.6 Å². The van der Waals surface area contributed by atoms with Crippen LogP contribution >= 0.6 is 0 Å². The number of carbonyl (C=O) groups excluding carboxylic acids is 1. The molecule has 2 amide bonds. The van der Waals surface area contributed by atoms with Crippen molar-refractivity contribution in [2.45, 2.75) is 108 Å². The van der Waals surface area contributed by atoms with Gasteiger partial charge in [0.15, 0.2) is 0 Å². The number of carbonyl (C=O) groups is 2. The minimum absolute atomic E-state index is 0.123. The fourth-order valence-electron chi connectivity index (χ4n) is 6.41. The molecule has 51 heavy (non-hydrogen) atoms. The van der Waals surface area contributed by atoms with Gasteiger partial charge in [-0.15, -0.1) is 0 Å². The number of rotatable bonds is 27. The Morgan fingerprint density at radius 2 is 1.08 bits per heavy atom. The number of nitrogens with one attached hydrogen (secondary N) is 2. The predicted octanol–water partition coefficient (Wildman–Crippen LogP) is 8.61. The second kappa shape index (κ2) is 24.2. The van der Waals surface area contributed by atoms with Crippen molar-refractivity contribution in [3.8, 4) is 11.5 Å². The van der Waals surface area contributed by atoms with Gasteiger partial charge in [0.1, 0.15) is 17.1 Å². The molecule has 3 rings (SSSR count). The SMILES string of the molecule is COc1ccc(C(OCCC(O)CCCCCNC(=O)CCCCCCCCCCCNC(=O)O)(c2ccccc2)c2ccc(OC)cc2)cc1. The van der Waals surface area contributed by atoms with E-state index in [0.717, 1.165) is 86.0 Å². The van der Waals surface area contributed by atoms with Crippen LogP contribution in [0.15, 0.2) is 78.9 Å². The van der Waals surface area contributed by atoms with Gasteiger partial charge < -0.3 is 35.1 Å². The molecule has 0 aliphatic carbocycles. The summed E-state index contributed by atoms with van der Waals surface area (Å²) in [6.45, 7) is 1.56. The molecule has 280 valence electrons. The third-order valence-corrected chi connectivity index (χ3v) is 9.34. The highest BCUT2D eigenvalue weighted by Crippen LogP contribution is 2.41. The molecule has 0 heterocycles. The molecule has 3 aromatic rings. The third-order valence-electron chi connectivity index (χ3n) is 9.34. The monoisotopic (exact) mass is 704 g/mol. The largest absolute Gasteiger partial charge is 0.497 e. The number of methoxy groups -OCH3 is 2. The topological polar surface area (TPSA) is 126 Å². The summed E-state index contributed by atoms with van der Waals surface area (Å²) in [5.74, 6) is 1.65. The van der Waals surface area contributed by atoms with Crippen LogP contribution in [-0.4, -0.2) is 62.2 Å². The summed E-state index contributed by atoms with van der Waals surface area (Å²) in [7, 11) is 3.31. The molecule has 0 aromatic heterocycles. The Morgan fingerprint density at radius 3 is 1.61 bits per heavy atom. The van der Waals surface area contributed by atoms with Crippen LogP contribution in [0.1, 0.15) is 113 Å². The van der Waals surface area contributed by atoms with Crippen LogP contribution in [0.3, 0.4) is 0 Å². The highest BCUT2D eigenvalue weighted by Gasteiger charge is 2.38. The van der Waals surface area contributed by atoms with E-state index in [1.807, 2.05) is 66.7 Å². The Labute approximate surface area is 305 Å². The molecule has 4 N–H and O–H groups in total. The van der Waals surface area contributed by atoms with E-state index in [4.69, 9.17) is 19.3 Å². The van der Waals surface area contributed by atoms with Gasteiger partial charge in [0, 0.05) is 19.5 Å². The summed E-state index contributed by atoms with van der Waals surface area (Å²) in [5, 5.41) is 24.9. The summed E-state index contributed by atoms with van der Waals surface area (Å²) >= 11 is 0. The van der Waals surface area contributed by atoms with Crippen molar-refractivity contribution >= 4 is 12.0 Å². The average molecular weight is 705 g/mol. The lowest BCUT2D eigenvalue weighted by Crippen LogP contribution is -2.34. The molecule has 0 fully saturated rings. The molecular weight excluding hydrogens is 644 g/mol. The van der Waals surface area contributed by atoms with E-state index in [-0.39, 0.29) is 5.91 Å². The van der Waals surface area contributed by atoms with Gasteiger partial charge in [-0.1, -0.05) is 112 Å². The van der Waals surface area contributed by atoms with E-state index in [0.29, 0.717) is 39.0 Å². The second-order valence-corrected chi connectivity index (χ2v) is 13.2. The Bertz CT molecular complexity index is 1320. The van der Waals surface area contributed by atoms with Crippen molar-refractivity contribution in [1.29, 1.82) is 0 Å². The van der Waals surface area contributed by atoms with Gasteiger partial charge in [-0.05, 0) is 73.1 Å². The fourth-order valence-corrected chi connectivity index (χ4v) is 6.41. The maximum Gasteiger partial charge on any atom is 0.404 e. The average Bonchev–Trinajstić information content (AvgIpc) is 3.15. The number of aliphatic hydroxyl groups is 1. The van der Waals surface area contributed by atoms with Crippen molar-refractivity contribution < 1.29 is 34.0 Å². The zero-order valence-electron chi connectivity index (χ0n) is 30.7. The maximum atomic E-state index is 12.2. The Hall–Kier alpha value is -4.08. The van der Waals surface area contributed by atoms with Gasteiger partial charge in [0.05, 0.1) is 26.9 Å². The van der Waals surface area contributed by atoms with E-state index in [9.17, 15) is 14.7 Å². The molecule has 0 aliphatic heterocycles. The third kappa shape index (κ3) is 15.0. The van der Waals surface area contributed by atoms with Gasteiger partial charge in [0.2, 0.25) is 5.91 Å². The molecule has 9 nitrogen and oxygen atoms in total. The van der Waals surface area contributed by atoms with Crippen LogP contribution in [0.4, 0.5) is 4.79 Å². The number of benzene rings is 3. The first-order valence-electron chi connectivity index (χ1n) is 18.8. The van der Waals surface area contributed by atoms with Crippen LogP contribution in [-0.2, 0) is 15.1 Å². The van der Waals surface area contributed by atoms with Crippen LogP contribution in [0.25, 0.3) is 0 Å².